The van der Waals surface area contributed by atoms with E-state index in [1.54, 1.807) is 0 Å². The van der Waals surface area contributed by atoms with Crippen molar-refractivity contribution in [2.24, 2.45) is 52.3 Å². The summed E-state index contributed by atoms with van der Waals surface area (Å²) in [5.74, 6) is 4.65. The first kappa shape index (κ1) is 39.3. The van der Waals surface area contributed by atoms with Gasteiger partial charge in [0, 0.05) is 0 Å². The van der Waals surface area contributed by atoms with E-state index < -0.39 is 80.5 Å². The Morgan fingerprint density at radius 1 is 0.700 bits per heavy atom. The third-order valence-electron chi connectivity index (χ3n) is 15.6. The zero-order chi connectivity index (χ0) is 36.1. The van der Waals surface area contributed by atoms with Gasteiger partial charge < -0.3 is 55.1 Å². The maximum atomic E-state index is 11.3. The Morgan fingerprint density at radius 2 is 1.42 bits per heavy atom. The van der Waals surface area contributed by atoms with Gasteiger partial charge in [0.05, 0.1) is 19.3 Å². The highest BCUT2D eigenvalue weighted by Crippen LogP contribution is 2.68. The molecule has 4 saturated carbocycles. The lowest BCUT2D eigenvalue weighted by atomic mass is 9.44. The smallest absolute Gasteiger partial charge is 0.187 e. The van der Waals surface area contributed by atoms with Crippen LogP contribution < -0.4 is 0 Å². The first-order valence-electron chi connectivity index (χ1n) is 20.0. The van der Waals surface area contributed by atoms with Crippen molar-refractivity contribution in [3.05, 3.63) is 0 Å². The van der Waals surface area contributed by atoms with E-state index in [-0.39, 0.29) is 5.92 Å². The molecule has 6 rings (SSSR count). The summed E-state index contributed by atoms with van der Waals surface area (Å²) in [5.41, 5.74) is 0.970. The quantitative estimate of drug-likeness (QED) is 0.157. The number of fused-ring (bicyclic) bond motifs is 5. The van der Waals surface area contributed by atoms with Gasteiger partial charge in [-0.25, -0.2) is 0 Å². The predicted molar refractivity (Wildman–Crippen MR) is 184 cm³/mol. The predicted octanol–water partition coefficient (Wildman–Crippen LogP) is 2.51. The van der Waals surface area contributed by atoms with E-state index in [0.717, 1.165) is 48.9 Å². The Kier molecular flexibility index (Phi) is 12.4. The molecule has 2 saturated heterocycles. The van der Waals surface area contributed by atoms with Crippen LogP contribution in [0.1, 0.15) is 111 Å². The van der Waals surface area contributed by atoms with Crippen LogP contribution in [0.25, 0.3) is 0 Å². The highest BCUT2D eigenvalue weighted by atomic mass is 16.7. The molecule has 6 aliphatic rings. The van der Waals surface area contributed by atoms with Crippen molar-refractivity contribution >= 4 is 0 Å². The van der Waals surface area contributed by atoms with Crippen LogP contribution in [0.4, 0.5) is 0 Å². The molecule has 290 valence electrons. The van der Waals surface area contributed by atoms with Crippen molar-refractivity contribution in [2.45, 2.75) is 178 Å². The highest BCUT2D eigenvalue weighted by Gasteiger charge is 2.60. The first-order chi connectivity index (χ1) is 23.8. The Balaban J connectivity index is 1.01. The summed E-state index contributed by atoms with van der Waals surface area (Å²) >= 11 is 0. The van der Waals surface area contributed by atoms with Crippen molar-refractivity contribution in [2.75, 3.05) is 13.2 Å². The number of ether oxygens (including phenoxy) is 3. The Labute approximate surface area is 298 Å². The van der Waals surface area contributed by atoms with E-state index in [9.17, 15) is 40.9 Å². The lowest BCUT2D eigenvalue weighted by Gasteiger charge is -2.61. The molecule has 4 aliphatic carbocycles. The normalized spacial score (nSPS) is 51.2. The van der Waals surface area contributed by atoms with Crippen molar-refractivity contribution in [1.29, 1.82) is 0 Å². The van der Waals surface area contributed by atoms with E-state index in [1.807, 2.05) is 6.92 Å². The van der Waals surface area contributed by atoms with Gasteiger partial charge in [0.2, 0.25) is 0 Å². The van der Waals surface area contributed by atoms with Gasteiger partial charge in [0.15, 0.2) is 6.29 Å². The van der Waals surface area contributed by atoms with Gasteiger partial charge in [0.25, 0.3) is 0 Å². The first-order valence-corrected chi connectivity index (χ1v) is 20.0. The van der Waals surface area contributed by atoms with Crippen molar-refractivity contribution < 1.29 is 55.1 Å². The molecular formula is C39H68O11. The number of rotatable bonds is 11. The summed E-state index contributed by atoms with van der Waals surface area (Å²) in [4.78, 5) is 0. The minimum absolute atomic E-state index is 0.245. The number of hydrogen-bond acceptors (Lipinski definition) is 11. The Morgan fingerprint density at radius 3 is 2.14 bits per heavy atom. The fraction of sp³-hybridized carbons (Fsp3) is 1.00. The van der Waals surface area contributed by atoms with Gasteiger partial charge in [0.1, 0.15) is 54.9 Å². The molecule has 50 heavy (non-hydrogen) atoms. The van der Waals surface area contributed by atoms with Gasteiger partial charge in [-0.1, -0.05) is 53.4 Å². The molecule has 2 aliphatic heterocycles. The van der Waals surface area contributed by atoms with Gasteiger partial charge in [-0.2, -0.15) is 0 Å². The van der Waals surface area contributed by atoms with E-state index in [1.165, 1.54) is 64.2 Å². The van der Waals surface area contributed by atoms with E-state index in [4.69, 9.17) is 14.2 Å². The maximum absolute atomic E-state index is 11.3. The summed E-state index contributed by atoms with van der Waals surface area (Å²) in [5, 5.41) is 83.7. The SMILES string of the molecule is CC(CCC[C@@H](C)[C@H]1CC[C@H]2[C@@H]3CCC4CCCC[C@]4(C)[C@H]3CC[C@]12C)C(O)C1O[C@H](CO)[C@@H](O[C@@H]2O[C@H](CO)[C@H](O)[C@H](O)[C@H]2O)[C@H](O)[C@H]1O. The third-order valence-corrected chi connectivity index (χ3v) is 15.6. The second-order valence-corrected chi connectivity index (χ2v) is 18.1. The van der Waals surface area contributed by atoms with E-state index in [0.29, 0.717) is 16.7 Å². The minimum Gasteiger partial charge on any atom is -0.394 e. The van der Waals surface area contributed by atoms with Crippen LogP contribution in [-0.4, -0.2) is 121 Å². The standard InChI is InChI=1S/C39H68O11/c1-20(24-13-14-25-23-12-11-22-10-5-6-16-38(22,3)26(23)15-17-39(24,25)4)8-7-9-21(2)29(42)36-33(46)32(45)35(28(19-41)48-36)50-37-34(47)31(44)30(43)27(18-40)49-37/h20-37,40-47H,5-19H2,1-4H3/t20-,21?,22?,23+,24-,25+,26+,27-,28-,29?,30+,31+,32-,33-,34-,35-,36?,37+,38+,39-/m1/s1. The topological polar surface area (TPSA) is 190 Å². The van der Waals surface area contributed by atoms with Crippen molar-refractivity contribution in [3.63, 3.8) is 0 Å². The van der Waals surface area contributed by atoms with Crippen LogP contribution in [0.3, 0.4) is 0 Å². The molecule has 8 N–H and O–H groups in total. The average Bonchev–Trinajstić information content (AvgIpc) is 3.47. The molecule has 0 bridgehead atoms. The second kappa shape index (κ2) is 15.7. The molecule has 0 aromatic heterocycles. The molecule has 0 spiro atoms. The Bertz CT molecular complexity index is 1110. The van der Waals surface area contributed by atoms with Gasteiger partial charge in [-0.15, -0.1) is 0 Å². The summed E-state index contributed by atoms with van der Waals surface area (Å²) in [7, 11) is 0. The van der Waals surface area contributed by atoms with E-state index in [2.05, 4.69) is 20.8 Å². The molecule has 4 unspecified atom stereocenters. The van der Waals surface area contributed by atoms with Crippen LogP contribution in [0.5, 0.6) is 0 Å². The fourth-order valence-electron chi connectivity index (χ4n) is 12.6. The maximum Gasteiger partial charge on any atom is 0.187 e. The van der Waals surface area contributed by atoms with Crippen LogP contribution in [-0.2, 0) is 14.2 Å². The molecule has 0 aromatic carbocycles. The summed E-state index contributed by atoms with van der Waals surface area (Å²) in [6, 6.07) is 0. The van der Waals surface area contributed by atoms with Gasteiger partial charge in [-0.3, -0.25) is 0 Å². The summed E-state index contributed by atoms with van der Waals surface area (Å²) in [6.07, 6.45) is 0.885. The lowest BCUT2D eigenvalue weighted by Crippen LogP contribution is -2.66. The van der Waals surface area contributed by atoms with Gasteiger partial charge >= 0.3 is 0 Å². The molecule has 6 fully saturated rings. The third kappa shape index (κ3) is 6.98. The summed E-state index contributed by atoms with van der Waals surface area (Å²) in [6.45, 7) is 8.33. The molecule has 11 nitrogen and oxygen atoms in total. The van der Waals surface area contributed by atoms with E-state index >= 15 is 0 Å². The van der Waals surface area contributed by atoms with Crippen molar-refractivity contribution in [3.8, 4) is 0 Å². The zero-order valence-electron chi connectivity index (χ0n) is 30.8. The van der Waals surface area contributed by atoms with Crippen LogP contribution >= 0.6 is 0 Å². The zero-order valence-corrected chi connectivity index (χ0v) is 30.8. The molecule has 0 radical (unpaired) electrons. The molecule has 2 heterocycles. The van der Waals surface area contributed by atoms with Gasteiger partial charge in [-0.05, 0) is 110 Å². The second-order valence-electron chi connectivity index (χ2n) is 18.1. The van der Waals surface area contributed by atoms with Crippen LogP contribution in [0, 0.1) is 52.3 Å². The average molecular weight is 713 g/mol. The highest BCUT2D eigenvalue weighted by molar-refractivity contribution is 5.09. The monoisotopic (exact) mass is 712 g/mol. The van der Waals surface area contributed by atoms with Crippen molar-refractivity contribution in [1.82, 2.24) is 0 Å². The molecule has 0 aromatic rings. The minimum atomic E-state index is -1.73. The summed E-state index contributed by atoms with van der Waals surface area (Å²) < 4.78 is 17.0. The molecule has 0 amide bonds. The van der Waals surface area contributed by atoms with Crippen LogP contribution in [0.2, 0.25) is 0 Å². The lowest BCUT2D eigenvalue weighted by molar-refractivity contribution is -0.345. The number of hydrogen-bond donors (Lipinski definition) is 8. The largest absolute Gasteiger partial charge is 0.394 e. The fourth-order valence-corrected chi connectivity index (χ4v) is 12.6. The Hall–Kier alpha value is -0.440. The van der Waals surface area contributed by atoms with Crippen LogP contribution in [0.15, 0.2) is 0 Å². The molecule has 11 heteroatoms. The number of aliphatic hydroxyl groups excluding tert-OH is 8. The number of aliphatic hydroxyl groups is 8. The molecular weight excluding hydrogens is 644 g/mol. The molecule has 20 atom stereocenters.